The van der Waals surface area contributed by atoms with Gasteiger partial charge in [-0.25, -0.2) is 14.6 Å². The van der Waals surface area contributed by atoms with Crippen LogP contribution in [0.3, 0.4) is 0 Å². The van der Waals surface area contributed by atoms with Gasteiger partial charge in [0.25, 0.3) is 0 Å². The molecule has 0 bridgehead atoms. The molecule has 198 valence electrons. The Balaban J connectivity index is 1.06. The number of fused-ring (bicyclic) bond motifs is 2. The molecule has 9 nitrogen and oxygen atoms in total. The van der Waals surface area contributed by atoms with Crippen LogP contribution in [-0.4, -0.2) is 63.8 Å². The summed E-state index contributed by atoms with van der Waals surface area (Å²) in [4.78, 5) is 35.9. The molecule has 1 amide bonds. The Morgan fingerprint density at radius 1 is 1.14 bits per heavy atom. The first-order valence-corrected chi connectivity index (χ1v) is 13.7. The number of aryl methyl sites for hydroxylation is 3. The molecule has 0 radical (unpaired) electrons. The molecule has 0 aromatic carbocycles. The van der Waals surface area contributed by atoms with Crippen molar-refractivity contribution in [1.29, 1.82) is 0 Å². The van der Waals surface area contributed by atoms with Gasteiger partial charge in [0.05, 0.1) is 5.69 Å². The Morgan fingerprint density at radius 2 is 2.03 bits per heavy atom. The predicted molar refractivity (Wildman–Crippen MR) is 140 cm³/mol. The fraction of sp³-hybridized carbons (Fsp3) is 0.571. The third-order valence-electron chi connectivity index (χ3n) is 7.59. The second kappa shape index (κ2) is 11.9. The van der Waals surface area contributed by atoms with Crippen LogP contribution in [0, 0.1) is 0 Å². The molecule has 1 unspecified atom stereocenters. The Bertz CT molecular complexity index is 1110. The number of carboxylic acids is 1. The first-order valence-electron chi connectivity index (χ1n) is 13.7. The lowest BCUT2D eigenvalue weighted by Crippen LogP contribution is -2.44. The maximum atomic E-state index is 12.5. The lowest BCUT2D eigenvalue weighted by molar-refractivity contribution is -0.139. The Kier molecular flexibility index (Phi) is 8.18. The smallest absolute Gasteiger partial charge is 0.408 e. The van der Waals surface area contributed by atoms with Crippen molar-refractivity contribution in [2.45, 2.75) is 82.4 Å². The summed E-state index contributed by atoms with van der Waals surface area (Å²) >= 11 is 0. The number of carbonyl (C=O) groups excluding carboxylic acids is 1. The third kappa shape index (κ3) is 6.77. The summed E-state index contributed by atoms with van der Waals surface area (Å²) < 4.78 is 5.54. The second-order valence-corrected chi connectivity index (χ2v) is 10.4. The number of unbranched alkanes of at least 4 members (excludes halogenated alkanes) is 1. The normalized spacial score (nSPS) is 19.0. The zero-order valence-corrected chi connectivity index (χ0v) is 21.3. The number of amides is 1. The number of nitrogens with zero attached hydrogens (tertiary/aromatic N) is 3. The molecular weight excluding hydrogens is 470 g/mol. The Hall–Kier alpha value is -3.20. The lowest BCUT2D eigenvalue weighted by atomic mass is 10.1. The SMILES string of the molecule is O=C(N[C@@H](CCN(CCCCc1ccc2c(n1)NCCC2)C1CC1)C(=O)O)OC1CCc2cccnc21. The predicted octanol–water partition coefficient (Wildman–Crippen LogP) is 3.88. The average Bonchev–Trinajstić information content (AvgIpc) is 3.68. The summed E-state index contributed by atoms with van der Waals surface area (Å²) in [5.74, 6) is 0.00670. The van der Waals surface area contributed by atoms with Crippen LogP contribution in [0.1, 0.15) is 73.6 Å². The van der Waals surface area contributed by atoms with Gasteiger partial charge in [0.15, 0.2) is 0 Å². The van der Waals surface area contributed by atoms with E-state index in [1.165, 1.54) is 5.56 Å². The van der Waals surface area contributed by atoms with Gasteiger partial charge >= 0.3 is 12.1 Å². The van der Waals surface area contributed by atoms with Gasteiger partial charge < -0.3 is 25.4 Å². The molecule has 2 aromatic heterocycles. The second-order valence-electron chi connectivity index (χ2n) is 10.4. The number of nitrogens with one attached hydrogen (secondary N) is 2. The van der Waals surface area contributed by atoms with E-state index < -0.39 is 24.2 Å². The number of hydrogen-bond acceptors (Lipinski definition) is 7. The molecule has 37 heavy (non-hydrogen) atoms. The molecular formula is C28H37N5O4. The number of pyridine rings is 2. The van der Waals surface area contributed by atoms with E-state index in [1.54, 1.807) is 6.20 Å². The largest absolute Gasteiger partial charge is 0.480 e. The minimum Gasteiger partial charge on any atom is -0.480 e. The summed E-state index contributed by atoms with van der Waals surface area (Å²) in [6.07, 6.45) is 9.97. The van der Waals surface area contributed by atoms with Crippen LogP contribution in [0.2, 0.25) is 0 Å². The van der Waals surface area contributed by atoms with E-state index in [0.29, 0.717) is 25.4 Å². The van der Waals surface area contributed by atoms with Gasteiger partial charge in [0.2, 0.25) is 0 Å². The van der Waals surface area contributed by atoms with Gasteiger partial charge in [-0.2, -0.15) is 0 Å². The summed E-state index contributed by atoms with van der Waals surface area (Å²) in [5.41, 5.74) is 4.28. The number of anilines is 1. The molecule has 2 atom stereocenters. The van der Waals surface area contributed by atoms with Gasteiger partial charge in [-0.3, -0.25) is 4.98 Å². The first-order chi connectivity index (χ1) is 18.1. The number of carbonyl (C=O) groups is 2. The summed E-state index contributed by atoms with van der Waals surface area (Å²) in [6.45, 7) is 2.56. The number of hydrogen-bond donors (Lipinski definition) is 3. The highest BCUT2D eigenvalue weighted by molar-refractivity contribution is 5.80. The first kappa shape index (κ1) is 25.4. The molecule has 0 saturated heterocycles. The molecule has 9 heteroatoms. The van der Waals surface area contributed by atoms with E-state index in [-0.39, 0.29) is 0 Å². The summed E-state index contributed by atoms with van der Waals surface area (Å²) in [7, 11) is 0. The Morgan fingerprint density at radius 3 is 2.86 bits per heavy atom. The number of aromatic nitrogens is 2. The van der Waals surface area contributed by atoms with Crippen molar-refractivity contribution in [2.24, 2.45) is 0 Å². The molecule has 3 heterocycles. The molecule has 1 aliphatic heterocycles. The molecule has 3 aliphatic rings. The molecule has 1 fully saturated rings. The van der Waals surface area contributed by atoms with Crippen molar-refractivity contribution in [3.8, 4) is 0 Å². The van der Waals surface area contributed by atoms with Crippen molar-refractivity contribution in [3.05, 3.63) is 53.0 Å². The van der Waals surface area contributed by atoms with Crippen LogP contribution in [0.4, 0.5) is 10.6 Å². The summed E-state index contributed by atoms with van der Waals surface area (Å²) in [5, 5.41) is 15.7. The van der Waals surface area contributed by atoms with Crippen molar-refractivity contribution in [1.82, 2.24) is 20.2 Å². The van der Waals surface area contributed by atoms with E-state index in [1.807, 2.05) is 12.1 Å². The molecule has 5 rings (SSSR count). The van der Waals surface area contributed by atoms with Gasteiger partial charge in [-0.1, -0.05) is 12.1 Å². The number of carboxylic acid groups (broad SMARTS) is 1. The van der Waals surface area contributed by atoms with Gasteiger partial charge in [-0.15, -0.1) is 0 Å². The number of ether oxygens (including phenoxy) is 1. The van der Waals surface area contributed by atoms with Crippen LogP contribution in [0.15, 0.2) is 30.5 Å². The van der Waals surface area contributed by atoms with Gasteiger partial charge in [-0.05, 0) is 94.0 Å². The van der Waals surface area contributed by atoms with Crippen LogP contribution < -0.4 is 10.6 Å². The molecule has 3 N–H and O–H groups in total. The molecule has 2 aliphatic carbocycles. The highest BCUT2D eigenvalue weighted by atomic mass is 16.6. The maximum Gasteiger partial charge on any atom is 0.408 e. The van der Waals surface area contributed by atoms with Crippen molar-refractivity contribution < 1.29 is 19.4 Å². The lowest BCUT2D eigenvalue weighted by Gasteiger charge is -2.24. The van der Waals surface area contributed by atoms with E-state index in [0.717, 1.165) is 87.2 Å². The van der Waals surface area contributed by atoms with Crippen LogP contribution in [-0.2, 0) is 28.8 Å². The minimum atomic E-state index is -1.04. The van der Waals surface area contributed by atoms with Crippen molar-refractivity contribution in [3.63, 3.8) is 0 Å². The zero-order chi connectivity index (χ0) is 25.6. The fourth-order valence-corrected chi connectivity index (χ4v) is 5.39. The standard InChI is InChI=1S/C28H37N5O4/c34-27(35)23(32-28(36)37-24-13-9-19-5-3-15-29-25(19)24)14-18-33(22-11-12-22)17-2-1-7-21-10-8-20-6-4-16-30-26(20)31-21/h3,5,8,10,15,22-24H,1-2,4,6-7,9,11-14,16-18H2,(H,30,31)(H,32,36)(H,34,35)/t23-,24?/m0/s1. The van der Waals surface area contributed by atoms with Gasteiger partial charge in [0.1, 0.15) is 18.0 Å². The van der Waals surface area contributed by atoms with E-state index in [2.05, 4.69) is 32.7 Å². The maximum absolute atomic E-state index is 12.5. The van der Waals surface area contributed by atoms with E-state index in [9.17, 15) is 14.7 Å². The average molecular weight is 508 g/mol. The fourth-order valence-electron chi connectivity index (χ4n) is 5.39. The monoisotopic (exact) mass is 507 g/mol. The highest BCUT2D eigenvalue weighted by Gasteiger charge is 2.32. The summed E-state index contributed by atoms with van der Waals surface area (Å²) in [6, 6.07) is 7.74. The number of alkyl carbamates (subject to hydrolysis) is 1. The van der Waals surface area contributed by atoms with Crippen molar-refractivity contribution in [2.75, 3.05) is 25.0 Å². The number of rotatable bonds is 12. The topological polar surface area (TPSA) is 117 Å². The number of aliphatic carboxylic acids is 1. The minimum absolute atomic E-state index is 0.346. The highest BCUT2D eigenvalue weighted by Crippen LogP contribution is 2.32. The molecule has 2 aromatic rings. The van der Waals surface area contributed by atoms with E-state index >= 15 is 0 Å². The van der Waals surface area contributed by atoms with E-state index in [4.69, 9.17) is 9.72 Å². The Labute approximate surface area is 218 Å². The third-order valence-corrected chi connectivity index (χ3v) is 7.59. The van der Waals surface area contributed by atoms with Crippen LogP contribution >= 0.6 is 0 Å². The van der Waals surface area contributed by atoms with Crippen LogP contribution in [0.5, 0.6) is 0 Å². The molecule has 1 saturated carbocycles. The van der Waals surface area contributed by atoms with Gasteiger partial charge in [0, 0.05) is 31.0 Å². The van der Waals surface area contributed by atoms with Crippen molar-refractivity contribution >= 4 is 17.9 Å². The quantitative estimate of drug-likeness (QED) is 0.371. The molecule has 0 spiro atoms. The zero-order valence-electron chi connectivity index (χ0n) is 21.3. The van der Waals surface area contributed by atoms with Crippen LogP contribution in [0.25, 0.3) is 0 Å².